The molecule has 0 amide bonds. The number of rotatable bonds is 5. The molecule has 55 heavy (non-hydrogen) atoms. The average Bonchev–Trinajstić information content (AvgIpc) is 4.09. The molecule has 0 atom stereocenters. The third-order valence-corrected chi connectivity index (χ3v) is 10.3. The van der Waals surface area contributed by atoms with Gasteiger partial charge in [-0.3, -0.25) is 0 Å². The number of methoxy groups -OCH3 is 1. The number of nitrogens with zero attached hydrogens (tertiary/aromatic N) is 2. The fraction of sp³-hybridized carbons (Fsp3) is 0.0208. The predicted octanol–water partition coefficient (Wildman–Crippen LogP) is 5.86. The monoisotopic (exact) mass is 711 g/mol. The van der Waals surface area contributed by atoms with Crippen molar-refractivity contribution in [2.24, 2.45) is 9.98 Å². The van der Waals surface area contributed by atoms with E-state index in [9.17, 15) is 4.79 Å². The molecule has 7 nitrogen and oxygen atoms in total. The summed E-state index contributed by atoms with van der Waals surface area (Å²) in [6, 6.07) is 49.7. The Kier molecular flexibility index (Phi) is 7.70. The second-order valence-corrected chi connectivity index (χ2v) is 13.5. The van der Waals surface area contributed by atoms with Crippen LogP contribution in [0.1, 0.15) is 44.9 Å². The van der Waals surface area contributed by atoms with Gasteiger partial charge in [0.2, 0.25) is 0 Å². The molecule has 4 aromatic carbocycles. The number of ether oxygens (including phenoxy) is 1. The molecule has 0 fully saturated rings. The maximum Gasteiger partial charge on any atom is 0.357 e. The summed E-state index contributed by atoms with van der Waals surface area (Å²) >= 11 is 0. The fourth-order valence-electron chi connectivity index (χ4n) is 7.90. The van der Waals surface area contributed by atoms with Crippen molar-refractivity contribution in [1.29, 1.82) is 0 Å². The van der Waals surface area contributed by atoms with Crippen molar-refractivity contribution in [3.05, 3.63) is 230 Å². The lowest BCUT2D eigenvalue weighted by Gasteiger charge is -2.11. The second kappa shape index (κ2) is 13.2. The van der Waals surface area contributed by atoms with Gasteiger partial charge >= 0.3 is 5.97 Å². The van der Waals surface area contributed by atoms with Crippen molar-refractivity contribution in [3.63, 3.8) is 0 Å². The van der Waals surface area contributed by atoms with Crippen molar-refractivity contribution in [3.8, 4) is 0 Å². The number of hydrogen-bond acceptors (Lipinski definition) is 4. The molecule has 0 spiro atoms. The minimum absolute atomic E-state index is 0.247. The van der Waals surface area contributed by atoms with Gasteiger partial charge in [-0.05, 0) is 58.7 Å². The van der Waals surface area contributed by atoms with Crippen LogP contribution in [-0.2, 0) is 9.53 Å². The molecular weight excluding hydrogens is 679 g/mol. The first kappa shape index (κ1) is 32.2. The molecule has 0 saturated heterocycles. The molecule has 8 bridgehead atoms. The summed E-state index contributed by atoms with van der Waals surface area (Å²) in [5.74, 6) is -0.504. The highest BCUT2D eigenvalue weighted by Crippen LogP contribution is 2.33. The quantitative estimate of drug-likeness (QED) is 0.195. The zero-order valence-electron chi connectivity index (χ0n) is 29.8. The smallest absolute Gasteiger partial charge is 0.357 e. The molecule has 3 aliphatic heterocycles. The minimum atomic E-state index is -0.504. The highest BCUT2D eigenvalue weighted by molar-refractivity contribution is 6.30. The lowest BCUT2D eigenvalue weighted by Crippen LogP contribution is -2.31. The number of nitrogens with one attached hydrogen (secondary N) is 3. The topological polar surface area (TPSA) is 98.4 Å². The minimum Gasteiger partial charge on any atom is -0.464 e. The lowest BCUT2D eigenvalue weighted by atomic mass is 9.99. The zero-order chi connectivity index (χ0) is 36.9. The van der Waals surface area contributed by atoms with Crippen LogP contribution in [0.4, 0.5) is 0 Å². The number of hydrogen-bond donors (Lipinski definition) is 3. The highest BCUT2D eigenvalue weighted by Gasteiger charge is 2.27. The lowest BCUT2D eigenvalue weighted by molar-refractivity contribution is -0.134. The molecule has 7 aromatic rings. The maximum absolute atomic E-state index is 13.5. The van der Waals surface area contributed by atoms with Crippen molar-refractivity contribution in [2.45, 2.75) is 0 Å². The third kappa shape index (κ3) is 5.40. The van der Waals surface area contributed by atoms with Crippen LogP contribution >= 0.6 is 0 Å². The van der Waals surface area contributed by atoms with Gasteiger partial charge in [-0.25, -0.2) is 14.8 Å². The molecule has 262 valence electrons. The first-order valence-corrected chi connectivity index (χ1v) is 18.2. The van der Waals surface area contributed by atoms with Gasteiger partial charge in [0.05, 0.1) is 29.6 Å². The van der Waals surface area contributed by atoms with Gasteiger partial charge in [-0.2, -0.15) is 0 Å². The Labute approximate surface area is 316 Å². The van der Waals surface area contributed by atoms with Gasteiger partial charge in [0.25, 0.3) is 0 Å². The second-order valence-electron chi connectivity index (χ2n) is 13.5. The van der Waals surface area contributed by atoms with E-state index in [1.807, 2.05) is 60.7 Å². The third-order valence-electron chi connectivity index (χ3n) is 10.3. The number of fused-ring (bicyclic) bond motifs is 10. The molecular formula is C48H33N5O2. The van der Waals surface area contributed by atoms with Crippen LogP contribution in [-0.4, -0.2) is 40.0 Å². The van der Waals surface area contributed by atoms with E-state index in [1.54, 1.807) is 6.21 Å². The Balaban J connectivity index is 1.44. The fourth-order valence-corrected chi connectivity index (χ4v) is 7.90. The summed E-state index contributed by atoms with van der Waals surface area (Å²) in [5.41, 5.74) is 13.1. The van der Waals surface area contributed by atoms with Crippen LogP contribution < -0.4 is 21.3 Å². The molecule has 0 radical (unpaired) electrons. The Morgan fingerprint density at radius 3 is 1.67 bits per heavy atom. The van der Waals surface area contributed by atoms with Crippen LogP contribution in [0.3, 0.4) is 0 Å². The number of aliphatic imine (C=N–C) groups is 2. The van der Waals surface area contributed by atoms with Crippen LogP contribution in [0.2, 0.25) is 0 Å². The normalized spacial score (nSPS) is 14.5. The van der Waals surface area contributed by atoms with Gasteiger partial charge < -0.3 is 19.7 Å². The largest absolute Gasteiger partial charge is 0.464 e. The highest BCUT2D eigenvalue weighted by atomic mass is 16.5. The van der Waals surface area contributed by atoms with Gasteiger partial charge in [0.1, 0.15) is 0 Å². The zero-order valence-corrected chi connectivity index (χ0v) is 29.8. The number of aromatic nitrogens is 3. The molecule has 3 N–H and O–H groups in total. The summed E-state index contributed by atoms with van der Waals surface area (Å²) in [6.45, 7) is 0. The first-order valence-electron chi connectivity index (χ1n) is 18.2. The van der Waals surface area contributed by atoms with E-state index in [0.717, 1.165) is 94.6 Å². The number of H-pyrrole nitrogens is 3. The van der Waals surface area contributed by atoms with Gasteiger partial charge in [0, 0.05) is 61.4 Å². The number of aromatic amines is 3. The summed E-state index contributed by atoms with van der Waals surface area (Å²) in [5, 5.41) is 3.25. The Morgan fingerprint density at radius 1 is 0.545 bits per heavy atom. The van der Waals surface area contributed by atoms with E-state index in [0.29, 0.717) is 5.22 Å². The molecule has 0 saturated carbocycles. The van der Waals surface area contributed by atoms with Crippen molar-refractivity contribution in [2.75, 3.05) is 7.11 Å². The van der Waals surface area contributed by atoms with Crippen LogP contribution in [0.15, 0.2) is 173 Å². The molecule has 10 rings (SSSR count). The van der Waals surface area contributed by atoms with Crippen molar-refractivity contribution in [1.82, 2.24) is 15.0 Å². The molecule has 0 aliphatic carbocycles. The summed E-state index contributed by atoms with van der Waals surface area (Å²) in [6.07, 6.45) is 5.99. The molecule has 6 heterocycles. The van der Waals surface area contributed by atoms with Crippen molar-refractivity contribution >= 4 is 45.9 Å². The van der Waals surface area contributed by atoms with E-state index in [4.69, 9.17) is 14.7 Å². The standard InChI is InChI=1S/C48H33N5O2/c1-55-48(54)47-44-33(28-49-47)45-42(31-18-10-4-11-19-31)38-26-24-36(51-38)40(29-14-6-2-7-15-29)34-22-23-35(50-34)41(30-16-8-3-9-17-30)37-25-27-39(52-37)43(46(44)53-45)32-20-12-5-13-21-32/h2-28,51-53H,1H3. The number of allylic oxidation sites excluding steroid dienone is 2. The van der Waals surface area contributed by atoms with Crippen molar-refractivity contribution < 1.29 is 9.53 Å². The number of benzene rings is 4. The molecule has 3 aromatic heterocycles. The molecule has 3 aliphatic rings. The van der Waals surface area contributed by atoms with E-state index in [2.05, 4.69) is 112 Å². The van der Waals surface area contributed by atoms with E-state index < -0.39 is 5.97 Å². The average molecular weight is 712 g/mol. The van der Waals surface area contributed by atoms with E-state index in [-0.39, 0.29) is 5.70 Å². The predicted molar refractivity (Wildman–Crippen MR) is 218 cm³/mol. The Hall–Kier alpha value is -7.51. The van der Waals surface area contributed by atoms with E-state index in [1.165, 1.54) is 7.11 Å². The number of esters is 1. The summed E-state index contributed by atoms with van der Waals surface area (Å²) in [4.78, 5) is 35.0. The maximum atomic E-state index is 13.5. The van der Waals surface area contributed by atoms with Crippen LogP contribution in [0.5, 0.6) is 0 Å². The number of carbonyl (C=O) groups is 1. The SMILES string of the molecule is COC(=O)C1=c2c(c3[nH]c2=C(c2ccccc2)c2ccc([nH]2)C(c2ccccc2)=C2C=CC(=N2)C(c2ccccc2)=c2ccc([nH]2)=C3c2ccccc2)C=N1. The molecule has 7 heteroatoms. The van der Waals surface area contributed by atoms with Gasteiger partial charge in [-0.1, -0.05) is 121 Å². The van der Waals surface area contributed by atoms with Crippen LogP contribution in [0.25, 0.3) is 28.0 Å². The molecule has 0 unspecified atom stereocenters. The van der Waals surface area contributed by atoms with Gasteiger partial charge in [0.15, 0.2) is 5.70 Å². The summed E-state index contributed by atoms with van der Waals surface area (Å²) in [7, 11) is 1.39. The Bertz CT molecular complexity index is 3050. The first-order chi connectivity index (χ1) is 27.2. The van der Waals surface area contributed by atoms with Crippen LogP contribution in [0, 0.1) is 0 Å². The van der Waals surface area contributed by atoms with E-state index >= 15 is 0 Å². The number of carbonyl (C=O) groups excluding carboxylic acids is 1. The van der Waals surface area contributed by atoms with Gasteiger partial charge in [-0.15, -0.1) is 0 Å². The summed E-state index contributed by atoms with van der Waals surface area (Å²) < 4.78 is 5.32. The Morgan fingerprint density at radius 2 is 1.07 bits per heavy atom.